The highest BCUT2D eigenvalue weighted by molar-refractivity contribution is 7.99. The van der Waals surface area contributed by atoms with E-state index < -0.39 is 17.1 Å². The Hall–Kier alpha value is -1.57. The number of nitrogens with one attached hydrogen (secondary N) is 1. The first kappa shape index (κ1) is 12.9. The van der Waals surface area contributed by atoms with Crippen molar-refractivity contribution in [3.8, 4) is 0 Å². The summed E-state index contributed by atoms with van der Waals surface area (Å²) in [4.78, 5) is 36.5. The third kappa shape index (κ3) is 2.81. The zero-order valence-corrected chi connectivity index (χ0v) is 10.6. The molecule has 0 radical (unpaired) electrons. The van der Waals surface area contributed by atoms with Crippen molar-refractivity contribution in [1.82, 2.24) is 14.8 Å². The van der Waals surface area contributed by atoms with E-state index in [1.54, 1.807) is 7.05 Å². The highest BCUT2D eigenvalue weighted by Crippen LogP contribution is 2.51. The fourth-order valence-corrected chi connectivity index (χ4v) is 2.89. The van der Waals surface area contributed by atoms with Crippen molar-refractivity contribution in [2.24, 2.45) is 12.5 Å². The Morgan fingerprint density at radius 3 is 2.78 bits per heavy atom. The molecule has 1 aliphatic rings. The van der Waals surface area contributed by atoms with Crippen molar-refractivity contribution in [1.29, 1.82) is 0 Å². The van der Waals surface area contributed by atoms with Crippen LogP contribution in [0.2, 0.25) is 0 Å². The zero-order valence-electron chi connectivity index (χ0n) is 9.80. The summed E-state index contributed by atoms with van der Waals surface area (Å²) in [6, 6.07) is 0. The molecule has 98 valence electrons. The summed E-state index contributed by atoms with van der Waals surface area (Å²) in [5, 5.41) is 11.5. The van der Waals surface area contributed by atoms with Crippen LogP contribution in [-0.4, -0.2) is 31.6 Å². The number of nitrogens with zero attached hydrogens (tertiary/aromatic N) is 2. The number of carboxylic acids is 1. The van der Waals surface area contributed by atoms with Gasteiger partial charge in [0.15, 0.2) is 5.16 Å². The van der Waals surface area contributed by atoms with Gasteiger partial charge in [-0.25, -0.2) is 0 Å². The van der Waals surface area contributed by atoms with Crippen molar-refractivity contribution >= 4 is 17.7 Å². The smallest absolute Gasteiger partial charge is 0.339 e. The van der Waals surface area contributed by atoms with Gasteiger partial charge in [0.1, 0.15) is 0 Å². The molecule has 0 amide bonds. The second-order valence-corrected chi connectivity index (χ2v) is 5.50. The lowest BCUT2D eigenvalue weighted by molar-refractivity contribution is -0.138. The Bertz CT molecular complexity index is 588. The van der Waals surface area contributed by atoms with Gasteiger partial charge in [-0.1, -0.05) is 11.8 Å². The Morgan fingerprint density at radius 1 is 1.56 bits per heavy atom. The van der Waals surface area contributed by atoms with Gasteiger partial charge in [-0.05, 0) is 18.3 Å². The van der Waals surface area contributed by atoms with E-state index in [9.17, 15) is 14.4 Å². The number of hydrogen-bond donors (Lipinski definition) is 2. The van der Waals surface area contributed by atoms with Gasteiger partial charge in [0, 0.05) is 12.8 Å². The van der Waals surface area contributed by atoms with Crippen LogP contribution in [0, 0.1) is 5.41 Å². The number of carbonyl (C=O) groups is 1. The summed E-state index contributed by atoms with van der Waals surface area (Å²) >= 11 is 1.30. The van der Waals surface area contributed by atoms with E-state index in [1.807, 2.05) is 0 Å². The molecule has 7 nitrogen and oxygen atoms in total. The molecule has 0 aromatic carbocycles. The van der Waals surface area contributed by atoms with Gasteiger partial charge in [0.25, 0.3) is 0 Å². The molecule has 0 aliphatic heterocycles. The van der Waals surface area contributed by atoms with Crippen LogP contribution in [0.15, 0.2) is 14.7 Å². The Morgan fingerprint density at radius 2 is 2.22 bits per heavy atom. The molecule has 1 heterocycles. The van der Waals surface area contributed by atoms with Gasteiger partial charge >= 0.3 is 17.1 Å². The van der Waals surface area contributed by atoms with Crippen LogP contribution in [0.1, 0.15) is 19.3 Å². The van der Waals surface area contributed by atoms with E-state index in [-0.39, 0.29) is 11.8 Å². The zero-order chi connectivity index (χ0) is 13.3. The quantitative estimate of drug-likeness (QED) is 0.568. The highest BCUT2D eigenvalue weighted by Gasteiger charge is 2.44. The van der Waals surface area contributed by atoms with Crippen LogP contribution in [0.25, 0.3) is 0 Å². The molecule has 2 rings (SSSR count). The van der Waals surface area contributed by atoms with E-state index >= 15 is 0 Å². The lowest BCUT2D eigenvalue weighted by atomic mass is 10.1. The van der Waals surface area contributed by atoms with Crippen molar-refractivity contribution in [3.05, 3.63) is 20.7 Å². The van der Waals surface area contributed by atoms with Crippen LogP contribution in [-0.2, 0) is 11.8 Å². The molecule has 1 aromatic heterocycles. The molecule has 0 spiro atoms. The predicted molar refractivity (Wildman–Crippen MR) is 64.7 cm³/mol. The molecule has 1 fully saturated rings. The normalized spacial score (nSPS) is 16.5. The standard InChI is InChI=1S/C10H13N3O4S/c1-13-9(11-7(16)8(17)12-13)18-5-10(2-3-10)4-6(14)15/h2-5H2,1H3,(H,12,17)(H,14,15). The van der Waals surface area contributed by atoms with Crippen molar-refractivity contribution in [2.75, 3.05) is 5.75 Å². The molecule has 8 heteroatoms. The van der Waals surface area contributed by atoms with E-state index in [0.29, 0.717) is 10.9 Å². The molecule has 0 unspecified atom stereocenters. The largest absolute Gasteiger partial charge is 0.481 e. The first-order valence-corrected chi connectivity index (χ1v) is 6.42. The third-order valence-electron chi connectivity index (χ3n) is 2.94. The van der Waals surface area contributed by atoms with Crippen molar-refractivity contribution < 1.29 is 9.90 Å². The first-order valence-electron chi connectivity index (χ1n) is 5.44. The van der Waals surface area contributed by atoms with E-state index in [0.717, 1.165) is 12.8 Å². The minimum Gasteiger partial charge on any atom is -0.481 e. The lowest BCUT2D eigenvalue weighted by Gasteiger charge is -2.12. The van der Waals surface area contributed by atoms with E-state index in [4.69, 9.17) is 5.11 Å². The molecule has 2 N–H and O–H groups in total. The van der Waals surface area contributed by atoms with Gasteiger partial charge in [-0.3, -0.25) is 24.2 Å². The second-order valence-electron chi connectivity index (χ2n) is 4.56. The van der Waals surface area contributed by atoms with Crippen LogP contribution < -0.4 is 11.1 Å². The van der Waals surface area contributed by atoms with Crippen molar-refractivity contribution in [2.45, 2.75) is 24.4 Å². The van der Waals surface area contributed by atoms with Crippen molar-refractivity contribution in [3.63, 3.8) is 0 Å². The van der Waals surface area contributed by atoms with E-state index in [2.05, 4.69) is 10.1 Å². The number of rotatable bonds is 5. The van der Waals surface area contributed by atoms with Gasteiger partial charge in [0.2, 0.25) is 0 Å². The molecule has 0 bridgehead atoms. The second kappa shape index (κ2) is 4.60. The lowest BCUT2D eigenvalue weighted by Crippen LogP contribution is -2.34. The summed E-state index contributed by atoms with van der Waals surface area (Å²) in [6.45, 7) is 0. The van der Waals surface area contributed by atoms with E-state index in [1.165, 1.54) is 16.4 Å². The molecule has 1 aliphatic carbocycles. The summed E-state index contributed by atoms with van der Waals surface area (Å²) in [6.07, 6.45) is 1.89. The monoisotopic (exact) mass is 271 g/mol. The predicted octanol–water partition coefficient (Wildman–Crippen LogP) is -0.184. The number of aromatic amines is 1. The summed E-state index contributed by atoms with van der Waals surface area (Å²) in [5.74, 6) is -0.220. The minimum atomic E-state index is -0.821. The average molecular weight is 271 g/mol. The molecule has 0 saturated heterocycles. The Labute approximate surface area is 106 Å². The molecular formula is C10H13N3O4S. The third-order valence-corrected chi connectivity index (χ3v) is 4.32. The molecule has 0 atom stereocenters. The molecular weight excluding hydrogens is 258 g/mol. The maximum atomic E-state index is 11.1. The average Bonchev–Trinajstić information content (AvgIpc) is 3.01. The summed E-state index contributed by atoms with van der Waals surface area (Å²) < 4.78 is 1.38. The number of aromatic nitrogens is 3. The minimum absolute atomic E-state index is 0.136. The molecule has 1 saturated carbocycles. The maximum Gasteiger partial charge on any atom is 0.339 e. The number of hydrogen-bond acceptors (Lipinski definition) is 5. The van der Waals surface area contributed by atoms with Gasteiger partial charge < -0.3 is 5.11 Å². The summed E-state index contributed by atoms with van der Waals surface area (Å²) in [5.41, 5.74) is -1.75. The topological polar surface area (TPSA) is 105 Å². The van der Waals surface area contributed by atoms with Crippen LogP contribution in [0.4, 0.5) is 0 Å². The number of H-pyrrole nitrogens is 1. The fourth-order valence-electron chi connectivity index (χ4n) is 1.68. The molecule has 18 heavy (non-hydrogen) atoms. The number of thioether (sulfide) groups is 1. The highest BCUT2D eigenvalue weighted by atomic mass is 32.2. The number of carboxylic acid groups (broad SMARTS) is 1. The van der Waals surface area contributed by atoms with Gasteiger partial charge in [0.05, 0.1) is 6.42 Å². The first-order chi connectivity index (χ1) is 8.42. The SMILES string of the molecule is Cn1[nH]c(=O)c(=O)nc1SCC1(CC(=O)O)CC1. The Kier molecular flexibility index (Phi) is 3.29. The van der Waals surface area contributed by atoms with Gasteiger partial charge in [-0.15, -0.1) is 0 Å². The van der Waals surface area contributed by atoms with Crippen LogP contribution in [0.5, 0.6) is 0 Å². The fraction of sp³-hybridized carbons (Fsp3) is 0.600. The number of aliphatic carboxylic acids is 1. The van der Waals surface area contributed by atoms with Gasteiger partial charge in [-0.2, -0.15) is 4.98 Å². The summed E-state index contributed by atoms with van der Waals surface area (Å²) in [7, 11) is 1.59. The number of aryl methyl sites for hydroxylation is 1. The molecule has 1 aromatic rings. The van der Waals surface area contributed by atoms with Crippen LogP contribution >= 0.6 is 11.8 Å². The Balaban J connectivity index is 2.07. The maximum absolute atomic E-state index is 11.1. The van der Waals surface area contributed by atoms with Crippen LogP contribution in [0.3, 0.4) is 0 Å².